The predicted molar refractivity (Wildman–Crippen MR) is 136 cm³/mol. The van der Waals surface area contributed by atoms with Crippen LogP contribution in [0.1, 0.15) is 43.4 Å². The number of pyridine rings is 2. The van der Waals surface area contributed by atoms with Gasteiger partial charge in [-0.1, -0.05) is 43.5 Å². The Kier molecular flexibility index (Phi) is 6.56. The van der Waals surface area contributed by atoms with Crippen molar-refractivity contribution in [2.24, 2.45) is 0 Å². The third-order valence-electron chi connectivity index (χ3n) is 7.06. The molecule has 0 bridgehead atoms. The third-order valence-corrected chi connectivity index (χ3v) is 7.06. The number of amides is 1. The molecule has 0 radical (unpaired) electrons. The zero-order chi connectivity index (χ0) is 23.2. The average Bonchev–Trinajstić information content (AvgIpc) is 3.31. The van der Waals surface area contributed by atoms with E-state index >= 15 is 0 Å². The number of rotatable bonds is 8. The van der Waals surface area contributed by atoms with E-state index in [0.29, 0.717) is 13.0 Å². The van der Waals surface area contributed by atoms with E-state index in [9.17, 15) is 4.79 Å². The molecule has 0 unspecified atom stereocenters. The smallest absolute Gasteiger partial charge is 0.242 e. The van der Waals surface area contributed by atoms with Crippen molar-refractivity contribution in [3.63, 3.8) is 0 Å². The number of aromatic amines is 1. The highest BCUT2D eigenvalue weighted by Crippen LogP contribution is 2.38. The first-order valence-electron chi connectivity index (χ1n) is 12.1. The number of nitrogens with one attached hydrogen (secondary N) is 3. The maximum absolute atomic E-state index is 13.6. The average molecular weight is 454 g/mol. The quantitative estimate of drug-likeness (QED) is 0.351. The second-order valence-electron chi connectivity index (χ2n) is 9.27. The van der Waals surface area contributed by atoms with Crippen LogP contribution < -0.4 is 10.6 Å². The van der Waals surface area contributed by atoms with Crippen molar-refractivity contribution in [1.82, 2.24) is 20.3 Å². The van der Waals surface area contributed by atoms with Gasteiger partial charge in [-0.3, -0.25) is 14.8 Å². The molecule has 3 aromatic heterocycles. The fourth-order valence-corrected chi connectivity index (χ4v) is 5.19. The molecule has 1 atom stereocenters. The fourth-order valence-electron chi connectivity index (χ4n) is 5.19. The van der Waals surface area contributed by atoms with Crippen molar-refractivity contribution in [1.29, 1.82) is 0 Å². The predicted octanol–water partition coefficient (Wildman–Crippen LogP) is 5.00. The molecule has 6 nitrogen and oxygen atoms in total. The summed E-state index contributed by atoms with van der Waals surface area (Å²) in [5, 5.41) is 7.89. The zero-order valence-electron chi connectivity index (χ0n) is 19.3. The van der Waals surface area contributed by atoms with Crippen LogP contribution in [0, 0.1) is 0 Å². The molecule has 4 aromatic rings. The van der Waals surface area contributed by atoms with E-state index in [1.807, 2.05) is 48.8 Å². The molecular weight excluding hydrogens is 422 g/mol. The number of benzene rings is 1. The first kappa shape index (κ1) is 22.1. The van der Waals surface area contributed by atoms with Gasteiger partial charge in [0.05, 0.1) is 0 Å². The topological polar surface area (TPSA) is 82.7 Å². The van der Waals surface area contributed by atoms with Gasteiger partial charge in [-0.2, -0.15) is 0 Å². The van der Waals surface area contributed by atoms with E-state index in [-0.39, 0.29) is 11.3 Å². The van der Waals surface area contributed by atoms with E-state index in [1.165, 1.54) is 19.3 Å². The number of para-hydroxylation sites is 1. The van der Waals surface area contributed by atoms with E-state index in [4.69, 9.17) is 0 Å². The molecule has 1 aromatic carbocycles. The third kappa shape index (κ3) is 4.81. The van der Waals surface area contributed by atoms with Gasteiger partial charge >= 0.3 is 0 Å². The van der Waals surface area contributed by atoms with E-state index < -0.39 is 6.04 Å². The van der Waals surface area contributed by atoms with Gasteiger partial charge in [0.25, 0.3) is 0 Å². The minimum absolute atomic E-state index is 0.00275. The molecule has 0 aliphatic heterocycles. The van der Waals surface area contributed by atoms with Crippen molar-refractivity contribution in [2.45, 2.75) is 50.0 Å². The van der Waals surface area contributed by atoms with Gasteiger partial charge < -0.3 is 15.6 Å². The first-order valence-corrected chi connectivity index (χ1v) is 12.1. The summed E-state index contributed by atoms with van der Waals surface area (Å²) in [6, 6.07) is 17.7. The SMILES string of the molecule is O=C(NCC1(c2ccccn2)CCCCC1)[C@H](Cc1c[nH]c2ccccc12)Nc1ccncc1. The second kappa shape index (κ2) is 10.1. The first-order chi connectivity index (χ1) is 16.7. The standard InChI is InChI=1S/C28H31N5O/c34-27(32-20-28(13-5-1-6-14-28)26-10-4-7-15-30-26)25(33-22-11-16-29-17-12-22)18-21-19-31-24-9-3-2-8-23(21)24/h2-4,7-12,15-17,19,25,31H,1,5-6,13-14,18,20H2,(H,29,33)(H,32,34)/t25-/m0/s1. The summed E-state index contributed by atoms with van der Waals surface area (Å²) >= 11 is 0. The van der Waals surface area contributed by atoms with Gasteiger partial charge in [-0.15, -0.1) is 0 Å². The van der Waals surface area contributed by atoms with Crippen LogP contribution in [0.15, 0.2) is 79.4 Å². The molecule has 174 valence electrons. The maximum Gasteiger partial charge on any atom is 0.242 e. The van der Waals surface area contributed by atoms with Crippen LogP contribution in [0.4, 0.5) is 5.69 Å². The van der Waals surface area contributed by atoms with Crippen LogP contribution in [0.25, 0.3) is 10.9 Å². The summed E-state index contributed by atoms with van der Waals surface area (Å²) in [6.07, 6.45) is 13.6. The van der Waals surface area contributed by atoms with Crippen LogP contribution in [0.3, 0.4) is 0 Å². The fraction of sp³-hybridized carbons (Fsp3) is 0.321. The summed E-state index contributed by atoms with van der Waals surface area (Å²) < 4.78 is 0. The number of anilines is 1. The van der Waals surface area contributed by atoms with Crippen LogP contribution in [0.2, 0.25) is 0 Å². The molecule has 1 fully saturated rings. The lowest BCUT2D eigenvalue weighted by Gasteiger charge is -2.37. The molecule has 1 aliphatic carbocycles. The van der Waals surface area contributed by atoms with Crippen LogP contribution >= 0.6 is 0 Å². The number of fused-ring (bicyclic) bond motifs is 1. The molecule has 0 spiro atoms. The van der Waals surface area contributed by atoms with Crippen molar-refractivity contribution < 1.29 is 4.79 Å². The number of nitrogens with zero attached hydrogens (tertiary/aromatic N) is 2. The second-order valence-corrected chi connectivity index (χ2v) is 9.27. The minimum Gasteiger partial charge on any atom is -0.373 e. The van der Waals surface area contributed by atoms with Gasteiger partial charge in [0.15, 0.2) is 0 Å². The largest absolute Gasteiger partial charge is 0.373 e. The van der Waals surface area contributed by atoms with Crippen molar-refractivity contribution in [2.75, 3.05) is 11.9 Å². The Hall–Kier alpha value is -3.67. The highest BCUT2D eigenvalue weighted by molar-refractivity contribution is 5.88. The minimum atomic E-state index is -0.411. The highest BCUT2D eigenvalue weighted by Gasteiger charge is 2.36. The monoisotopic (exact) mass is 453 g/mol. The van der Waals surface area contributed by atoms with Gasteiger partial charge in [0.1, 0.15) is 6.04 Å². The lowest BCUT2D eigenvalue weighted by atomic mass is 9.71. The number of aromatic nitrogens is 3. The summed E-state index contributed by atoms with van der Waals surface area (Å²) in [4.78, 5) is 25.7. The van der Waals surface area contributed by atoms with Crippen LogP contribution in [-0.2, 0) is 16.6 Å². The summed E-state index contributed by atoms with van der Waals surface area (Å²) in [5.41, 5.74) is 4.07. The summed E-state index contributed by atoms with van der Waals surface area (Å²) in [6.45, 7) is 0.602. The Bertz CT molecular complexity index is 1220. The molecule has 1 aliphatic rings. The number of carbonyl (C=O) groups excluding carboxylic acids is 1. The number of carbonyl (C=O) groups is 1. The Labute approximate surface area is 200 Å². The number of hydrogen-bond donors (Lipinski definition) is 3. The number of H-pyrrole nitrogens is 1. The molecule has 5 rings (SSSR count). The summed E-state index contributed by atoms with van der Waals surface area (Å²) in [7, 11) is 0. The lowest BCUT2D eigenvalue weighted by molar-refractivity contribution is -0.122. The summed E-state index contributed by atoms with van der Waals surface area (Å²) in [5.74, 6) is 0.00275. The van der Waals surface area contributed by atoms with E-state index in [2.05, 4.69) is 43.8 Å². The van der Waals surface area contributed by atoms with Crippen molar-refractivity contribution >= 4 is 22.5 Å². The van der Waals surface area contributed by atoms with Gasteiger partial charge in [-0.25, -0.2) is 0 Å². The molecule has 1 amide bonds. The van der Waals surface area contributed by atoms with Crippen molar-refractivity contribution in [3.8, 4) is 0 Å². The molecule has 3 N–H and O–H groups in total. The highest BCUT2D eigenvalue weighted by atomic mass is 16.2. The molecule has 0 saturated heterocycles. The lowest BCUT2D eigenvalue weighted by Crippen LogP contribution is -2.48. The number of hydrogen-bond acceptors (Lipinski definition) is 4. The molecule has 6 heteroatoms. The molecule has 34 heavy (non-hydrogen) atoms. The zero-order valence-corrected chi connectivity index (χ0v) is 19.3. The Morgan fingerprint density at radius 2 is 1.76 bits per heavy atom. The van der Waals surface area contributed by atoms with Crippen LogP contribution in [0.5, 0.6) is 0 Å². The van der Waals surface area contributed by atoms with E-state index in [0.717, 1.165) is 40.7 Å². The maximum atomic E-state index is 13.6. The van der Waals surface area contributed by atoms with Gasteiger partial charge in [0, 0.05) is 65.5 Å². The van der Waals surface area contributed by atoms with Gasteiger partial charge in [0.2, 0.25) is 5.91 Å². The normalized spacial score (nSPS) is 16.1. The molecular formula is C28H31N5O. The Morgan fingerprint density at radius 3 is 2.56 bits per heavy atom. The van der Waals surface area contributed by atoms with E-state index in [1.54, 1.807) is 12.4 Å². The van der Waals surface area contributed by atoms with Crippen LogP contribution in [-0.4, -0.2) is 33.4 Å². The van der Waals surface area contributed by atoms with Gasteiger partial charge in [-0.05, 0) is 48.7 Å². The molecule has 1 saturated carbocycles. The molecule has 3 heterocycles. The van der Waals surface area contributed by atoms with Crippen molar-refractivity contribution in [3.05, 3.63) is 90.6 Å². The Balaban J connectivity index is 1.37. The Morgan fingerprint density at radius 1 is 0.971 bits per heavy atom.